The first-order valence-corrected chi connectivity index (χ1v) is 8.79. The lowest BCUT2D eigenvalue weighted by molar-refractivity contribution is 0.123. The lowest BCUT2D eigenvalue weighted by Crippen LogP contribution is -2.58. The fraction of sp³-hybridized carbons (Fsp3) is 0.375. The summed E-state index contributed by atoms with van der Waals surface area (Å²) in [6, 6.07) is 1.89. The number of carbonyl (C=O) groups is 1. The first-order valence-electron chi connectivity index (χ1n) is 7.62. The van der Waals surface area contributed by atoms with Gasteiger partial charge < -0.3 is 19.6 Å². The number of aryl methyl sites for hydroxylation is 1. The van der Waals surface area contributed by atoms with Crippen molar-refractivity contribution < 1.29 is 14.6 Å². The maximum atomic E-state index is 11.2. The third-order valence-corrected chi connectivity index (χ3v) is 6.24. The molecule has 1 atom stereocenters. The number of ether oxygens (including phenoxy) is 1. The van der Waals surface area contributed by atoms with E-state index in [-0.39, 0.29) is 6.04 Å². The zero-order valence-corrected chi connectivity index (χ0v) is 15.3. The van der Waals surface area contributed by atoms with Crippen LogP contribution >= 0.6 is 27.5 Å². The third kappa shape index (κ3) is 2.29. The molecule has 0 bridgehead atoms. The van der Waals surface area contributed by atoms with Crippen LogP contribution in [-0.4, -0.2) is 53.4 Å². The average molecular weight is 413 g/mol. The van der Waals surface area contributed by atoms with Gasteiger partial charge in [0.15, 0.2) is 5.75 Å². The molecule has 1 aromatic carbocycles. The van der Waals surface area contributed by atoms with Crippen LogP contribution in [0.3, 0.4) is 0 Å². The van der Waals surface area contributed by atoms with Crippen LogP contribution in [-0.2, 0) is 0 Å². The fourth-order valence-electron chi connectivity index (χ4n) is 3.46. The van der Waals surface area contributed by atoms with Gasteiger partial charge in [0.2, 0.25) is 0 Å². The van der Waals surface area contributed by atoms with E-state index in [0.29, 0.717) is 31.3 Å². The van der Waals surface area contributed by atoms with Gasteiger partial charge in [0.25, 0.3) is 0 Å². The molecule has 6 nitrogen and oxygen atoms in total. The molecule has 2 aromatic rings. The van der Waals surface area contributed by atoms with E-state index in [1.807, 2.05) is 13.0 Å². The number of nitrogens with zero attached hydrogens (tertiary/aromatic N) is 3. The Balaban J connectivity index is 1.86. The predicted octanol–water partition coefficient (Wildman–Crippen LogP) is 3.52. The van der Waals surface area contributed by atoms with Gasteiger partial charge in [-0.1, -0.05) is 11.6 Å². The Bertz CT molecular complexity index is 860. The molecular formula is C16H15BrClN3O3. The Morgan fingerprint density at radius 2 is 2.29 bits per heavy atom. The molecular weight excluding hydrogens is 398 g/mol. The number of halogens is 2. The van der Waals surface area contributed by atoms with Gasteiger partial charge in [0.05, 0.1) is 28.5 Å². The molecule has 24 heavy (non-hydrogen) atoms. The van der Waals surface area contributed by atoms with Crippen LogP contribution in [0.4, 0.5) is 10.5 Å². The van der Waals surface area contributed by atoms with Crippen molar-refractivity contribution in [2.24, 2.45) is 0 Å². The second-order valence-corrected chi connectivity index (χ2v) is 7.25. The third-order valence-electron chi connectivity index (χ3n) is 4.69. The summed E-state index contributed by atoms with van der Waals surface area (Å²) in [6.07, 6.45) is 0.855. The zero-order valence-electron chi connectivity index (χ0n) is 12.9. The van der Waals surface area contributed by atoms with E-state index in [1.165, 1.54) is 4.90 Å². The minimum absolute atomic E-state index is 0.00400. The molecule has 4 rings (SSSR count). The number of hydrogen-bond acceptors (Lipinski definition) is 4. The molecule has 1 saturated heterocycles. The van der Waals surface area contributed by atoms with Crippen LogP contribution in [0.25, 0.3) is 10.9 Å². The molecule has 1 amide bonds. The van der Waals surface area contributed by atoms with Gasteiger partial charge in [-0.25, -0.2) is 4.79 Å². The van der Waals surface area contributed by atoms with Gasteiger partial charge in [-0.2, -0.15) is 0 Å². The molecule has 0 unspecified atom stereocenters. The molecule has 2 aliphatic heterocycles. The summed E-state index contributed by atoms with van der Waals surface area (Å²) in [4.78, 5) is 19.4. The van der Waals surface area contributed by atoms with Crippen LogP contribution in [0, 0.1) is 6.92 Å². The molecule has 1 N–H and O–H groups in total. The molecule has 8 heteroatoms. The molecule has 0 aliphatic carbocycles. The minimum atomic E-state index is -0.886. The smallest absolute Gasteiger partial charge is 0.407 e. The first kappa shape index (κ1) is 15.8. The van der Waals surface area contributed by atoms with E-state index in [1.54, 1.807) is 6.20 Å². The molecule has 2 aliphatic rings. The SMILES string of the molecule is Cc1c(Br)c(Cl)cc2c3c(cnc12)OC[C@H]1CN(C(=O)O)CCN31. The number of anilines is 1. The quantitative estimate of drug-likeness (QED) is 0.717. The molecule has 0 saturated carbocycles. The highest BCUT2D eigenvalue weighted by Crippen LogP contribution is 2.43. The Morgan fingerprint density at radius 1 is 1.50 bits per heavy atom. The van der Waals surface area contributed by atoms with Crippen molar-refractivity contribution in [3.63, 3.8) is 0 Å². The Kier molecular flexibility index (Phi) is 3.73. The lowest BCUT2D eigenvalue weighted by Gasteiger charge is -2.45. The minimum Gasteiger partial charge on any atom is -0.488 e. The van der Waals surface area contributed by atoms with E-state index in [4.69, 9.17) is 16.3 Å². The Morgan fingerprint density at radius 3 is 3.04 bits per heavy atom. The number of rotatable bonds is 0. The number of aromatic nitrogens is 1. The van der Waals surface area contributed by atoms with Crippen molar-refractivity contribution in [3.05, 3.63) is 27.3 Å². The van der Waals surface area contributed by atoms with E-state index in [0.717, 1.165) is 32.4 Å². The summed E-state index contributed by atoms with van der Waals surface area (Å²) in [7, 11) is 0. The standard InChI is InChI=1S/C16H15BrClN3O3/c1-8-13(17)11(18)4-10-14(8)19-5-12-15(10)21-3-2-20(16(22)23)6-9(21)7-24-12/h4-5,9H,2-3,6-7H2,1H3,(H,22,23)/t9-/m1/s1. The van der Waals surface area contributed by atoms with Gasteiger partial charge in [0.1, 0.15) is 6.61 Å². The number of piperazine rings is 1. The monoisotopic (exact) mass is 411 g/mol. The van der Waals surface area contributed by atoms with E-state index in [9.17, 15) is 9.90 Å². The second kappa shape index (κ2) is 5.67. The number of hydrogen-bond donors (Lipinski definition) is 1. The highest BCUT2D eigenvalue weighted by atomic mass is 79.9. The number of carboxylic acid groups (broad SMARTS) is 1. The van der Waals surface area contributed by atoms with Gasteiger partial charge in [-0.15, -0.1) is 0 Å². The van der Waals surface area contributed by atoms with Gasteiger partial charge in [0, 0.05) is 29.5 Å². The molecule has 126 valence electrons. The molecule has 1 fully saturated rings. The van der Waals surface area contributed by atoms with E-state index in [2.05, 4.69) is 25.8 Å². The summed E-state index contributed by atoms with van der Waals surface area (Å²) < 4.78 is 6.70. The molecule has 0 radical (unpaired) electrons. The van der Waals surface area contributed by atoms with E-state index >= 15 is 0 Å². The molecule has 1 aromatic heterocycles. The van der Waals surface area contributed by atoms with Crippen molar-refractivity contribution in [3.8, 4) is 5.75 Å². The maximum absolute atomic E-state index is 11.2. The number of pyridine rings is 1. The van der Waals surface area contributed by atoms with Gasteiger partial charge >= 0.3 is 6.09 Å². The molecule has 3 heterocycles. The second-order valence-electron chi connectivity index (χ2n) is 6.05. The number of amides is 1. The molecule has 0 spiro atoms. The van der Waals surface area contributed by atoms with Crippen LogP contribution in [0.1, 0.15) is 5.56 Å². The summed E-state index contributed by atoms with van der Waals surface area (Å²) >= 11 is 9.86. The summed E-state index contributed by atoms with van der Waals surface area (Å²) in [5.74, 6) is 0.723. The van der Waals surface area contributed by atoms with Crippen LogP contribution in [0.15, 0.2) is 16.7 Å². The first-order chi connectivity index (χ1) is 11.5. The zero-order chi connectivity index (χ0) is 17.0. The average Bonchev–Trinajstić information content (AvgIpc) is 2.58. The highest BCUT2D eigenvalue weighted by molar-refractivity contribution is 9.10. The summed E-state index contributed by atoms with van der Waals surface area (Å²) in [5.41, 5.74) is 2.81. The van der Waals surface area contributed by atoms with Gasteiger partial charge in [-0.3, -0.25) is 4.98 Å². The van der Waals surface area contributed by atoms with Crippen molar-refractivity contribution in [2.75, 3.05) is 31.1 Å². The van der Waals surface area contributed by atoms with Crippen molar-refractivity contribution in [1.29, 1.82) is 0 Å². The van der Waals surface area contributed by atoms with Crippen molar-refractivity contribution in [2.45, 2.75) is 13.0 Å². The normalized spacial score (nSPS) is 19.7. The largest absolute Gasteiger partial charge is 0.488 e. The van der Waals surface area contributed by atoms with Crippen LogP contribution < -0.4 is 9.64 Å². The van der Waals surface area contributed by atoms with Crippen molar-refractivity contribution >= 4 is 50.2 Å². The Labute approximate surface area is 152 Å². The fourth-order valence-corrected chi connectivity index (χ4v) is 4.01. The summed E-state index contributed by atoms with van der Waals surface area (Å²) in [5, 5.41) is 10.8. The maximum Gasteiger partial charge on any atom is 0.407 e. The van der Waals surface area contributed by atoms with Gasteiger partial charge in [-0.05, 0) is 34.5 Å². The lowest BCUT2D eigenvalue weighted by atomic mass is 10.0. The van der Waals surface area contributed by atoms with Crippen LogP contribution in [0.5, 0.6) is 5.75 Å². The number of fused-ring (bicyclic) bond motifs is 5. The van der Waals surface area contributed by atoms with E-state index < -0.39 is 6.09 Å². The Hall–Kier alpha value is -1.73. The number of benzene rings is 1. The summed E-state index contributed by atoms with van der Waals surface area (Å²) in [6.45, 7) is 3.95. The van der Waals surface area contributed by atoms with Crippen LogP contribution in [0.2, 0.25) is 5.02 Å². The highest BCUT2D eigenvalue weighted by Gasteiger charge is 2.36. The topological polar surface area (TPSA) is 65.9 Å². The van der Waals surface area contributed by atoms with Crippen molar-refractivity contribution in [1.82, 2.24) is 9.88 Å². The predicted molar refractivity (Wildman–Crippen MR) is 95.4 cm³/mol.